The van der Waals surface area contributed by atoms with Crippen molar-refractivity contribution in [2.45, 2.75) is 37.8 Å². The number of benzene rings is 2. The maximum absolute atomic E-state index is 13.2. The smallest absolute Gasteiger partial charge is 0.416 e. The van der Waals surface area contributed by atoms with Gasteiger partial charge in [-0.1, -0.05) is 30.3 Å². The quantitative estimate of drug-likeness (QED) is 0.317. The molecule has 2 aromatic rings. The van der Waals surface area contributed by atoms with Crippen LogP contribution in [0.4, 0.5) is 26.3 Å². The number of amides is 1. The summed E-state index contributed by atoms with van der Waals surface area (Å²) in [5.41, 5.74) is -4.48. The van der Waals surface area contributed by atoms with Crippen LogP contribution in [0.1, 0.15) is 42.2 Å². The highest BCUT2D eigenvalue weighted by Gasteiger charge is 2.43. The first kappa shape index (κ1) is 26.3. The van der Waals surface area contributed by atoms with Gasteiger partial charge in [-0.2, -0.15) is 26.3 Å². The largest absolute Gasteiger partial charge is 0.462 e. The first-order valence-electron chi connectivity index (χ1n) is 10.5. The van der Waals surface area contributed by atoms with Crippen molar-refractivity contribution < 1.29 is 45.4 Å². The number of nitrogens with one attached hydrogen (secondary N) is 1. The number of hydrogen-bond donors (Lipinski definition) is 1. The Morgan fingerprint density at radius 3 is 2.09 bits per heavy atom. The summed E-state index contributed by atoms with van der Waals surface area (Å²) in [6.45, 7) is 2.49. The topological polar surface area (TPSA) is 64.6 Å². The maximum atomic E-state index is 13.2. The zero-order valence-electron chi connectivity index (χ0n) is 18.6. The van der Waals surface area contributed by atoms with E-state index >= 15 is 0 Å². The molecule has 0 fully saturated rings. The van der Waals surface area contributed by atoms with Crippen LogP contribution in [0.25, 0.3) is 0 Å². The Kier molecular flexibility index (Phi) is 7.30. The van der Waals surface area contributed by atoms with Crippen LogP contribution in [-0.2, 0) is 37.0 Å². The first-order valence-corrected chi connectivity index (χ1v) is 10.5. The normalized spacial score (nSPS) is 19.2. The van der Waals surface area contributed by atoms with Crippen molar-refractivity contribution in [2.75, 3.05) is 13.2 Å². The molecule has 0 saturated heterocycles. The number of rotatable bonds is 7. The van der Waals surface area contributed by atoms with Gasteiger partial charge in [-0.05, 0) is 49.2 Å². The van der Waals surface area contributed by atoms with E-state index in [0.717, 1.165) is 0 Å². The van der Waals surface area contributed by atoms with Gasteiger partial charge in [0.25, 0.3) is 5.91 Å². The second-order valence-electron chi connectivity index (χ2n) is 7.86. The van der Waals surface area contributed by atoms with E-state index in [4.69, 9.17) is 9.47 Å². The molecule has 1 amide bonds. The fourth-order valence-corrected chi connectivity index (χ4v) is 3.60. The molecule has 11 heteroatoms. The molecular formula is C24H21F6NO4. The summed E-state index contributed by atoms with van der Waals surface area (Å²) in [6, 6.07) is 9.48. The zero-order chi connectivity index (χ0) is 26.0. The van der Waals surface area contributed by atoms with Crippen LogP contribution in [0.3, 0.4) is 0 Å². The first-order chi connectivity index (χ1) is 16.3. The van der Waals surface area contributed by atoms with Crippen molar-refractivity contribution in [3.63, 3.8) is 0 Å². The summed E-state index contributed by atoms with van der Waals surface area (Å²) in [5.74, 6) is -1.62. The minimum absolute atomic E-state index is 0.0202. The van der Waals surface area contributed by atoms with Crippen molar-refractivity contribution in [1.82, 2.24) is 5.32 Å². The fourth-order valence-electron chi connectivity index (χ4n) is 3.60. The fraction of sp³-hybridized carbons (Fsp3) is 0.333. The van der Waals surface area contributed by atoms with Crippen LogP contribution in [0.2, 0.25) is 0 Å². The van der Waals surface area contributed by atoms with Gasteiger partial charge in [-0.15, -0.1) is 0 Å². The summed E-state index contributed by atoms with van der Waals surface area (Å²) in [7, 11) is 0. The molecule has 1 aliphatic rings. The van der Waals surface area contributed by atoms with Gasteiger partial charge in [0, 0.05) is 0 Å². The molecular weight excluding hydrogens is 480 g/mol. The van der Waals surface area contributed by atoms with Gasteiger partial charge in [0.1, 0.15) is 11.1 Å². The molecule has 2 aromatic carbocycles. The molecule has 0 spiro atoms. The van der Waals surface area contributed by atoms with Crippen LogP contribution in [0.15, 0.2) is 60.2 Å². The highest BCUT2D eigenvalue weighted by atomic mass is 19.4. The molecule has 35 heavy (non-hydrogen) atoms. The van der Waals surface area contributed by atoms with Crippen LogP contribution >= 0.6 is 0 Å². The molecule has 0 bridgehead atoms. The van der Waals surface area contributed by atoms with Gasteiger partial charge in [0.15, 0.2) is 0 Å². The van der Waals surface area contributed by atoms with Gasteiger partial charge in [-0.25, -0.2) is 4.79 Å². The van der Waals surface area contributed by atoms with E-state index < -0.39 is 47.0 Å². The molecule has 188 valence electrons. The van der Waals surface area contributed by atoms with E-state index in [1.165, 1.54) is 13.0 Å². The minimum atomic E-state index is -5.00. The molecule has 0 radical (unpaired) electrons. The maximum Gasteiger partial charge on any atom is 0.416 e. The highest BCUT2D eigenvalue weighted by Crippen LogP contribution is 2.39. The lowest BCUT2D eigenvalue weighted by Crippen LogP contribution is -2.44. The average Bonchev–Trinajstić information content (AvgIpc) is 3.14. The molecule has 0 saturated carbocycles. The standard InChI is InChI=1S/C24H21F6NO4/c1-3-34-21(33)19-12-22(31-20(19)32,16-7-5-4-6-8-16)13-35-14(2)15-9-17(23(25,26)27)11-18(10-15)24(28,29)30/h4-12,14H,3,13H2,1-2H3,(H,31,32)/t14-,22-/m1/s1. The van der Waals surface area contributed by atoms with E-state index in [1.807, 2.05) is 0 Å². The molecule has 0 unspecified atom stereocenters. The van der Waals surface area contributed by atoms with Gasteiger partial charge in [0.05, 0.1) is 30.4 Å². The number of alkyl halides is 6. The van der Waals surface area contributed by atoms with E-state index in [0.29, 0.717) is 17.7 Å². The van der Waals surface area contributed by atoms with Crippen molar-refractivity contribution >= 4 is 11.9 Å². The summed E-state index contributed by atoms with van der Waals surface area (Å²) in [5, 5.41) is 2.63. The summed E-state index contributed by atoms with van der Waals surface area (Å²) < 4.78 is 90.0. The van der Waals surface area contributed by atoms with E-state index in [1.54, 1.807) is 37.3 Å². The van der Waals surface area contributed by atoms with Gasteiger partial charge >= 0.3 is 18.3 Å². The molecule has 3 rings (SSSR count). The van der Waals surface area contributed by atoms with Crippen LogP contribution in [0, 0.1) is 0 Å². The number of carbonyl (C=O) groups is 2. The second kappa shape index (κ2) is 9.73. The summed E-state index contributed by atoms with van der Waals surface area (Å²) >= 11 is 0. The minimum Gasteiger partial charge on any atom is -0.462 e. The summed E-state index contributed by atoms with van der Waals surface area (Å²) in [6.07, 6.45) is -9.94. The molecule has 1 aliphatic heterocycles. The molecule has 0 aromatic heterocycles. The Balaban J connectivity index is 1.96. The molecule has 0 aliphatic carbocycles. The molecule has 2 atom stereocenters. The van der Waals surface area contributed by atoms with Crippen molar-refractivity contribution in [2.24, 2.45) is 0 Å². The number of carbonyl (C=O) groups excluding carboxylic acids is 2. The molecule has 1 heterocycles. The third kappa shape index (κ3) is 5.84. The third-order valence-electron chi connectivity index (χ3n) is 5.40. The lowest BCUT2D eigenvalue weighted by atomic mass is 9.91. The Morgan fingerprint density at radius 1 is 1.00 bits per heavy atom. The van der Waals surface area contributed by atoms with E-state index in [9.17, 15) is 35.9 Å². The SMILES string of the molecule is CCOC(=O)C1=C[C@@](CO[C@H](C)c2cc(C(F)(F)F)cc(C(F)(F)F)c2)(c2ccccc2)NC1=O. The predicted molar refractivity (Wildman–Crippen MR) is 112 cm³/mol. The monoisotopic (exact) mass is 501 g/mol. The Morgan fingerprint density at radius 2 is 1.57 bits per heavy atom. The second-order valence-corrected chi connectivity index (χ2v) is 7.86. The molecule has 1 N–H and O–H groups in total. The van der Waals surface area contributed by atoms with Crippen molar-refractivity contribution in [1.29, 1.82) is 0 Å². The van der Waals surface area contributed by atoms with Crippen LogP contribution < -0.4 is 5.32 Å². The lowest BCUT2D eigenvalue weighted by molar-refractivity contribution is -0.144. The number of hydrogen-bond acceptors (Lipinski definition) is 4. The third-order valence-corrected chi connectivity index (χ3v) is 5.40. The van der Waals surface area contributed by atoms with Gasteiger partial charge < -0.3 is 14.8 Å². The number of ether oxygens (including phenoxy) is 2. The van der Waals surface area contributed by atoms with Gasteiger partial charge in [0.2, 0.25) is 0 Å². The predicted octanol–water partition coefficient (Wildman–Crippen LogP) is 5.32. The van der Waals surface area contributed by atoms with Crippen LogP contribution in [0.5, 0.6) is 0 Å². The van der Waals surface area contributed by atoms with E-state index in [2.05, 4.69) is 5.32 Å². The lowest BCUT2D eigenvalue weighted by Gasteiger charge is -2.30. The number of halogens is 6. The summed E-state index contributed by atoms with van der Waals surface area (Å²) in [4.78, 5) is 24.7. The Labute approximate surface area is 196 Å². The van der Waals surface area contributed by atoms with Crippen LogP contribution in [-0.4, -0.2) is 25.1 Å². The van der Waals surface area contributed by atoms with Crippen molar-refractivity contribution in [3.8, 4) is 0 Å². The van der Waals surface area contributed by atoms with Gasteiger partial charge in [-0.3, -0.25) is 4.79 Å². The van der Waals surface area contributed by atoms with E-state index in [-0.39, 0.29) is 30.4 Å². The van der Waals surface area contributed by atoms with Crippen molar-refractivity contribution in [3.05, 3.63) is 82.4 Å². The number of esters is 1. The Hall–Kier alpha value is -3.34. The highest BCUT2D eigenvalue weighted by molar-refractivity contribution is 6.18. The zero-order valence-corrected chi connectivity index (χ0v) is 18.6. The average molecular weight is 501 g/mol. The Bertz CT molecular complexity index is 1090. The molecule has 5 nitrogen and oxygen atoms in total.